The van der Waals surface area contributed by atoms with E-state index in [0.29, 0.717) is 11.6 Å². The van der Waals surface area contributed by atoms with Gasteiger partial charge in [0, 0.05) is 24.7 Å². The Morgan fingerprint density at radius 2 is 2.10 bits per heavy atom. The van der Waals surface area contributed by atoms with Gasteiger partial charge in [-0.25, -0.2) is 8.42 Å². The van der Waals surface area contributed by atoms with Crippen LogP contribution in [-0.4, -0.2) is 32.4 Å². The van der Waals surface area contributed by atoms with Crippen LogP contribution in [0.1, 0.15) is 31.7 Å². The molecule has 0 aromatic heterocycles. The van der Waals surface area contributed by atoms with E-state index in [2.05, 4.69) is 5.32 Å². The molecule has 2 rings (SSSR count). The van der Waals surface area contributed by atoms with E-state index in [1.165, 1.54) is 4.31 Å². The molecule has 0 heterocycles. The molecule has 1 saturated carbocycles. The van der Waals surface area contributed by atoms with E-state index in [1.54, 1.807) is 25.2 Å². The number of nitrogens with zero attached hydrogens (tertiary/aromatic N) is 1. The lowest BCUT2D eigenvalue weighted by molar-refractivity contribution is 0.249. The van der Waals surface area contributed by atoms with Gasteiger partial charge in [0.15, 0.2) is 0 Å². The third-order valence-corrected chi connectivity index (χ3v) is 6.11. The van der Waals surface area contributed by atoms with Gasteiger partial charge >= 0.3 is 0 Å². The van der Waals surface area contributed by atoms with Gasteiger partial charge in [0.25, 0.3) is 0 Å². The first-order valence-corrected chi connectivity index (χ1v) is 8.75. The fourth-order valence-corrected chi connectivity index (χ4v) is 3.96. The number of hydrogen-bond donors (Lipinski definition) is 1. The maximum Gasteiger partial charge on any atom is 0.243 e. The Hall–Kier alpha value is -0.620. The fourth-order valence-electron chi connectivity index (χ4n) is 2.20. The largest absolute Gasteiger partial charge is 0.313 e. The van der Waals surface area contributed by atoms with Crippen LogP contribution >= 0.6 is 11.6 Å². The predicted octanol–water partition coefficient (Wildman–Crippen LogP) is 2.62. The highest BCUT2D eigenvalue weighted by Crippen LogP contribution is 2.30. The fraction of sp³-hybridized carbons (Fsp3) is 0.571. The first kappa shape index (κ1) is 15.8. The molecule has 112 valence electrons. The van der Waals surface area contributed by atoms with Crippen molar-refractivity contribution in [2.45, 2.75) is 43.7 Å². The molecule has 6 heteroatoms. The van der Waals surface area contributed by atoms with E-state index in [9.17, 15) is 8.42 Å². The molecule has 20 heavy (non-hydrogen) atoms. The van der Waals surface area contributed by atoms with Crippen molar-refractivity contribution in [3.05, 3.63) is 28.8 Å². The molecule has 0 saturated heterocycles. The zero-order valence-electron chi connectivity index (χ0n) is 11.9. The molecule has 1 N–H and O–H groups in total. The summed E-state index contributed by atoms with van der Waals surface area (Å²) < 4.78 is 26.5. The monoisotopic (exact) mass is 316 g/mol. The van der Waals surface area contributed by atoms with Crippen LogP contribution in [-0.2, 0) is 16.6 Å². The van der Waals surface area contributed by atoms with Crippen molar-refractivity contribution in [3.8, 4) is 0 Å². The van der Waals surface area contributed by atoms with Gasteiger partial charge in [-0.3, -0.25) is 0 Å². The zero-order valence-corrected chi connectivity index (χ0v) is 13.5. The van der Waals surface area contributed by atoms with Gasteiger partial charge in [0.05, 0.1) is 4.90 Å². The SMILES string of the molecule is CCNCc1ccc(S(=O)(=O)N(C)C2CCC2)cc1Cl. The average molecular weight is 317 g/mol. The quantitative estimate of drug-likeness (QED) is 0.877. The van der Waals surface area contributed by atoms with Crippen molar-refractivity contribution < 1.29 is 8.42 Å². The lowest BCUT2D eigenvalue weighted by Gasteiger charge is -2.33. The second-order valence-corrected chi connectivity index (χ2v) is 7.54. The van der Waals surface area contributed by atoms with Crippen molar-refractivity contribution in [3.63, 3.8) is 0 Å². The molecule has 0 unspecified atom stereocenters. The van der Waals surface area contributed by atoms with Crippen LogP contribution in [0.15, 0.2) is 23.1 Å². The highest BCUT2D eigenvalue weighted by Gasteiger charge is 2.31. The van der Waals surface area contributed by atoms with E-state index >= 15 is 0 Å². The summed E-state index contributed by atoms with van der Waals surface area (Å²) in [5, 5.41) is 3.67. The Balaban J connectivity index is 2.21. The summed E-state index contributed by atoms with van der Waals surface area (Å²) in [6.07, 6.45) is 3.00. The Labute approximate surface area is 126 Å². The summed E-state index contributed by atoms with van der Waals surface area (Å²) in [6.45, 7) is 3.51. The summed E-state index contributed by atoms with van der Waals surface area (Å²) in [5.41, 5.74) is 0.916. The molecule has 4 nitrogen and oxygen atoms in total. The topological polar surface area (TPSA) is 49.4 Å². The number of hydrogen-bond acceptors (Lipinski definition) is 3. The molecular formula is C14H21ClN2O2S. The number of halogens is 1. The van der Waals surface area contributed by atoms with Crippen LogP contribution in [0.2, 0.25) is 5.02 Å². The number of benzene rings is 1. The van der Waals surface area contributed by atoms with Gasteiger partial charge in [-0.15, -0.1) is 0 Å². The van der Waals surface area contributed by atoms with Crippen molar-refractivity contribution in [2.75, 3.05) is 13.6 Å². The maximum absolute atomic E-state index is 12.5. The predicted molar refractivity (Wildman–Crippen MR) is 81.4 cm³/mol. The van der Waals surface area contributed by atoms with Gasteiger partial charge < -0.3 is 5.32 Å². The van der Waals surface area contributed by atoms with E-state index in [1.807, 2.05) is 6.92 Å². The molecule has 0 aliphatic heterocycles. The molecule has 1 aliphatic carbocycles. The molecule has 1 aromatic rings. The summed E-state index contributed by atoms with van der Waals surface area (Å²) in [6, 6.07) is 5.12. The van der Waals surface area contributed by atoms with Gasteiger partial charge in [0.2, 0.25) is 10.0 Å². The van der Waals surface area contributed by atoms with Gasteiger partial charge in [0.1, 0.15) is 0 Å². The van der Waals surface area contributed by atoms with Gasteiger partial charge in [-0.05, 0) is 37.1 Å². The van der Waals surface area contributed by atoms with E-state index in [0.717, 1.165) is 31.4 Å². The molecule has 0 spiro atoms. The summed E-state index contributed by atoms with van der Waals surface area (Å²) in [4.78, 5) is 0.275. The maximum atomic E-state index is 12.5. The second-order valence-electron chi connectivity index (χ2n) is 5.14. The van der Waals surface area contributed by atoms with Crippen LogP contribution in [0.3, 0.4) is 0 Å². The highest BCUT2D eigenvalue weighted by atomic mass is 35.5. The first-order valence-electron chi connectivity index (χ1n) is 6.94. The average Bonchev–Trinajstić information content (AvgIpc) is 2.35. The lowest BCUT2D eigenvalue weighted by atomic mass is 9.94. The third-order valence-electron chi connectivity index (χ3n) is 3.86. The number of nitrogens with one attached hydrogen (secondary N) is 1. The van der Waals surface area contributed by atoms with Crippen molar-refractivity contribution in [1.82, 2.24) is 9.62 Å². The van der Waals surface area contributed by atoms with Gasteiger partial charge in [-0.1, -0.05) is 31.0 Å². The Kier molecular flexibility index (Phi) is 5.07. The number of rotatable bonds is 6. The first-order chi connectivity index (χ1) is 9.46. The smallest absolute Gasteiger partial charge is 0.243 e. The highest BCUT2D eigenvalue weighted by molar-refractivity contribution is 7.89. The third kappa shape index (κ3) is 3.17. The van der Waals surface area contributed by atoms with E-state index in [-0.39, 0.29) is 10.9 Å². The summed E-state index contributed by atoms with van der Waals surface area (Å²) >= 11 is 6.18. The minimum atomic E-state index is -3.43. The lowest BCUT2D eigenvalue weighted by Crippen LogP contribution is -2.41. The van der Waals surface area contributed by atoms with Crippen molar-refractivity contribution in [2.24, 2.45) is 0 Å². The van der Waals surface area contributed by atoms with Crippen LogP contribution in [0, 0.1) is 0 Å². The molecule has 1 aromatic carbocycles. The minimum absolute atomic E-state index is 0.139. The van der Waals surface area contributed by atoms with Crippen LogP contribution in [0.4, 0.5) is 0 Å². The summed E-state index contributed by atoms with van der Waals surface area (Å²) in [5.74, 6) is 0. The van der Waals surface area contributed by atoms with Crippen LogP contribution in [0.5, 0.6) is 0 Å². The summed E-state index contributed by atoms with van der Waals surface area (Å²) in [7, 11) is -1.78. The Morgan fingerprint density at radius 3 is 2.60 bits per heavy atom. The van der Waals surface area contributed by atoms with E-state index < -0.39 is 10.0 Å². The van der Waals surface area contributed by atoms with Crippen molar-refractivity contribution in [1.29, 1.82) is 0 Å². The molecule has 0 bridgehead atoms. The van der Waals surface area contributed by atoms with Crippen molar-refractivity contribution >= 4 is 21.6 Å². The molecule has 0 atom stereocenters. The number of sulfonamides is 1. The standard InChI is InChI=1S/C14H21ClN2O2S/c1-3-16-10-11-7-8-13(9-14(11)15)20(18,19)17(2)12-5-4-6-12/h7-9,12,16H,3-6,10H2,1-2H3. The molecule has 1 aliphatic rings. The van der Waals surface area contributed by atoms with Crippen LogP contribution in [0.25, 0.3) is 0 Å². The second kappa shape index (κ2) is 6.43. The van der Waals surface area contributed by atoms with Crippen LogP contribution < -0.4 is 5.32 Å². The molecule has 1 fully saturated rings. The Bertz CT molecular complexity index is 571. The molecule has 0 radical (unpaired) electrons. The molecule has 0 amide bonds. The molecular weight excluding hydrogens is 296 g/mol. The van der Waals surface area contributed by atoms with E-state index in [4.69, 9.17) is 11.6 Å². The normalized spacial score (nSPS) is 16.4. The minimum Gasteiger partial charge on any atom is -0.313 e. The van der Waals surface area contributed by atoms with Gasteiger partial charge in [-0.2, -0.15) is 4.31 Å². The zero-order chi connectivity index (χ0) is 14.8. The Morgan fingerprint density at radius 1 is 1.40 bits per heavy atom.